The number of nitrogens with zero attached hydrogens (tertiary/aromatic N) is 3. The van der Waals surface area contributed by atoms with Gasteiger partial charge in [-0.1, -0.05) is 13.3 Å². The summed E-state index contributed by atoms with van der Waals surface area (Å²) in [6, 6.07) is 0. The van der Waals surface area contributed by atoms with Crippen LogP contribution in [0.15, 0.2) is 11.0 Å². The van der Waals surface area contributed by atoms with Gasteiger partial charge in [0, 0.05) is 6.54 Å². The minimum Gasteiger partial charge on any atom is -0.355 e. The van der Waals surface area contributed by atoms with Gasteiger partial charge >= 0.3 is 0 Å². The van der Waals surface area contributed by atoms with Crippen molar-refractivity contribution in [1.29, 1.82) is 0 Å². The second-order valence-corrected chi connectivity index (χ2v) is 7.48. The molecule has 22 heavy (non-hydrogen) atoms. The predicted molar refractivity (Wildman–Crippen MR) is 88.2 cm³/mol. The summed E-state index contributed by atoms with van der Waals surface area (Å²) >= 11 is 0. The fraction of sp³-hybridized carbons (Fsp3) is 0.688. The highest BCUT2D eigenvalue weighted by Crippen LogP contribution is 2.49. The van der Waals surface area contributed by atoms with Gasteiger partial charge in [0.05, 0.1) is 11.7 Å². The maximum Gasteiger partial charge on any atom is 0.263 e. The largest absolute Gasteiger partial charge is 0.355 e. The van der Waals surface area contributed by atoms with Crippen LogP contribution in [0.1, 0.15) is 53.4 Å². The van der Waals surface area contributed by atoms with Gasteiger partial charge in [0.15, 0.2) is 5.65 Å². The molecule has 0 aromatic carbocycles. The molecule has 2 aromatic heterocycles. The molecule has 1 aliphatic carbocycles. The molecule has 6 nitrogen and oxygen atoms in total. The molecule has 0 amide bonds. The number of rotatable bonds is 5. The summed E-state index contributed by atoms with van der Waals surface area (Å²) < 4.78 is 1.81. The van der Waals surface area contributed by atoms with Gasteiger partial charge in [0.1, 0.15) is 5.39 Å². The summed E-state index contributed by atoms with van der Waals surface area (Å²) in [6.45, 7) is 9.24. The van der Waals surface area contributed by atoms with Gasteiger partial charge in [-0.25, -0.2) is 4.68 Å². The van der Waals surface area contributed by atoms with E-state index in [4.69, 9.17) is 0 Å². The fourth-order valence-electron chi connectivity index (χ4n) is 2.99. The first-order valence-corrected chi connectivity index (χ1v) is 8.07. The molecule has 2 N–H and O–H groups in total. The van der Waals surface area contributed by atoms with Crippen LogP contribution < -0.4 is 10.9 Å². The Balaban J connectivity index is 1.89. The molecule has 0 bridgehead atoms. The first kappa shape index (κ1) is 15.1. The van der Waals surface area contributed by atoms with Gasteiger partial charge in [-0.05, 0) is 45.4 Å². The Kier molecular flexibility index (Phi) is 3.50. The van der Waals surface area contributed by atoms with Crippen LogP contribution in [-0.2, 0) is 5.54 Å². The number of aromatic amines is 1. The molecule has 0 saturated heterocycles. The maximum absolute atomic E-state index is 12.2. The van der Waals surface area contributed by atoms with Gasteiger partial charge in [-0.3, -0.25) is 9.78 Å². The molecule has 0 spiro atoms. The number of hydrogen-bond acceptors (Lipinski definition) is 4. The summed E-state index contributed by atoms with van der Waals surface area (Å²) in [4.78, 5) is 19.6. The van der Waals surface area contributed by atoms with Crippen molar-refractivity contribution in [1.82, 2.24) is 19.7 Å². The lowest BCUT2D eigenvalue weighted by Gasteiger charge is -2.20. The standard InChI is InChI=1S/C16H25N5O/c1-5-6-16(7-8-16)10-17-14-19-12-11(13(22)20-14)9-18-21(12)15(2,3)4/h9H,5-8,10H2,1-4H3,(H2,17,19,20,22). The number of H-pyrrole nitrogens is 1. The zero-order valence-electron chi connectivity index (χ0n) is 13.9. The average molecular weight is 303 g/mol. The SMILES string of the molecule is CCCC1(CNc2nc3c(cnn3C(C)(C)C)c(=O)[nH]2)CC1. The van der Waals surface area contributed by atoms with Crippen LogP contribution in [-0.4, -0.2) is 26.3 Å². The van der Waals surface area contributed by atoms with Crippen molar-refractivity contribution in [2.75, 3.05) is 11.9 Å². The van der Waals surface area contributed by atoms with E-state index in [-0.39, 0.29) is 11.1 Å². The van der Waals surface area contributed by atoms with E-state index in [1.54, 1.807) is 6.20 Å². The van der Waals surface area contributed by atoms with Gasteiger partial charge in [-0.2, -0.15) is 10.1 Å². The molecule has 1 fully saturated rings. The minimum absolute atomic E-state index is 0.136. The molecule has 1 aliphatic rings. The minimum atomic E-state index is -0.209. The van der Waals surface area contributed by atoms with Crippen LogP contribution in [0.5, 0.6) is 0 Å². The number of fused-ring (bicyclic) bond motifs is 1. The van der Waals surface area contributed by atoms with Crippen LogP contribution in [0.3, 0.4) is 0 Å². The van der Waals surface area contributed by atoms with Crippen molar-refractivity contribution in [2.45, 2.75) is 58.9 Å². The molecule has 0 aliphatic heterocycles. The molecular weight excluding hydrogens is 278 g/mol. The monoisotopic (exact) mass is 303 g/mol. The fourth-order valence-corrected chi connectivity index (χ4v) is 2.99. The molecule has 6 heteroatoms. The van der Waals surface area contributed by atoms with E-state index < -0.39 is 0 Å². The van der Waals surface area contributed by atoms with E-state index in [9.17, 15) is 4.79 Å². The molecule has 120 valence electrons. The molecule has 0 atom stereocenters. The lowest BCUT2D eigenvalue weighted by molar-refractivity contribution is 0.366. The Hall–Kier alpha value is -1.85. The molecule has 0 unspecified atom stereocenters. The Labute approximate surface area is 130 Å². The number of aromatic nitrogens is 4. The van der Waals surface area contributed by atoms with E-state index in [1.807, 2.05) is 4.68 Å². The van der Waals surface area contributed by atoms with Gasteiger partial charge in [0.25, 0.3) is 5.56 Å². The summed E-state index contributed by atoms with van der Waals surface area (Å²) in [5.74, 6) is 0.547. The molecule has 2 aromatic rings. The van der Waals surface area contributed by atoms with Gasteiger partial charge in [0.2, 0.25) is 5.95 Å². The number of anilines is 1. The summed E-state index contributed by atoms with van der Waals surface area (Å²) in [7, 11) is 0. The van der Waals surface area contributed by atoms with E-state index in [0.717, 1.165) is 6.54 Å². The zero-order chi connectivity index (χ0) is 16.0. The third-order valence-corrected chi connectivity index (χ3v) is 4.44. The third kappa shape index (κ3) is 2.74. The maximum atomic E-state index is 12.2. The van der Waals surface area contributed by atoms with Crippen LogP contribution >= 0.6 is 0 Å². The quantitative estimate of drug-likeness (QED) is 0.890. The highest BCUT2D eigenvalue weighted by atomic mass is 16.1. The normalized spacial score (nSPS) is 16.9. The van der Waals surface area contributed by atoms with Crippen LogP contribution in [0, 0.1) is 5.41 Å². The lowest BCUT2D eigenvalue weighted by atomic mass is 10.0. The average Bonchev–Trinajstić information content (AvgIpc) is 3.04. The second-order valence-electron chi connectivity index (χ2n) is 7.48. The Bertz CT molecular complexity index is 733. The van der Waals surface area contributed by atoms with E-state index in [1.165, 1.54) is 25.7 Å². The molecular formula is C16H25N5O. The molecule has 1 saturated carbocycles. The smallest absolute Gasteiger partial charge is 0.263 e. The van der Waals surface area contributed by atoms with Crippen LogP contribution in [0.2, 0.25) is 0 Å². The highest BCUT2D eigenvalue weighted by molar-refractivity contribution is 5.74. The summed E-state index contributed by atoms with van der Waals surface area (Å²) in [5.41, 5.74) is 0.703. The summed E-state index contributed by atoms with van der Waals surface area (Å²) in [5, 5.41) is 8.19. The Morgan fingerprint density at radius 1 is 1.41 bits per heavy atom. The Morgan fingerprint density at radius 3 is 2.73 bits per heavy atom. The number of hydrogen-bond donors (Lipinski definition) is 2. The van der Waals surface area contributed by atoms with Gasteiger partial charge in [-0.15, -0.1) is 0 Å². The van der Waals surface area contributed by atoms with Crippen LogP contribution in [0.4, 0.5) is 5.95 Å². The second kappa shape index (κ2) is 5.11. The molecule has 3 rings (SSSR count). The molecule has 0 radical (unpaired) electrons. The Morgan fingerprint density at radius 2 is 2.14 bits per heavy atom. The third-order valence-electron chi connectivity index (χ3n) is 4.44. The first-order chi connectivity index (χ1) is 10.3. The van der Waals surface area contributed by atoms with E-state index >= 15 is 0 Å². The topological polar surface area (TPSA) is 75.6 Å². The van der Waals surface area contributed by atoms with Gasteiger partial charge < -0.3 is 5.32 Å². The van der Waals surface area contributed by atoms with Crippen molar-refractivity contribution in [3.63, 3.8) is 0 Å². The van der Waals surface area contributed by atoms with Crippen molar-refractivity contribution >= 4 is 17.0 Å². The first-order valence-electron chi connectivity index (χ1n) is 8.07. The van der Waals surface area contributed by atoms with Crippen molar-refractivity contribution in [3.8, 4) is 0 Å². The van der Waals surface area contributed by atoms with E-state index in [2.05, 4.69) is 48.1 Å². The predicted octanol–water partition coefficient (Wildman–Crippen LogP) is 2.87. The zero-order valence-corrected chi connectivity index (χ0v) is 13.9. The van der Waals surface area contributed by atoms with Crippen molar-refractivity contribution < 1.29 is 0 Å². The van der Waals surface area contributed by atoms with Crippen molar-refractivity contribution in [3.05, 3.63) is 16.6 Å². The van der Waals surface area contributed by atoms with Crippen LogP contribution in [0.25, 0.3) is 11.0 Å². The lowest BCUT2D eigenvalue weighted by Crippen LogP contribution is -2.25. The molecule has 2 heterocycles. The highest BCUT2D eigenvalue weighted by Gasteiger charge is 2.41. The number of nitrogens with one attached hydrogen (secondary N) is 2. The van der Waals surface area contributed by atoms with Crippen molar-refractivity contribution in [2.24, 2.45) is 5.41 Å². The summed E-state index contributed by atoms with van der Waals surface area (Å²) in [6.07, 6.45) is 6.55. The van der Waals surface area contributed by atoms with E-state index in [0.29, 0.717) is 22.4 Å².